The Morgan fingerprint density at radius 1 is 0.846 bits per heavy atom. The molecule has 6 heteroatoms. The number of hydrogen-bond donors (Lipinski definition) is 1. The molecule has 0 atom stereocenters. The predicted octanol–water partition coefficient (Wildman–Crippen LogP) is 3.04. The number of hydrogen-bond acceptors (Lipinski definition) is 5. The molecule has 0 spiro atoms. The first-order chi connectivity index (χ1) is 12.5. The predicted molar refractivity (Wildman–Crippen MR) is 98.1 cm³/mol. The van der Waals surface area contributed by atoms with Gasteiger partial charge in [-0.3, -0.25) is 4.79 Å². The molecule has 0 radical (unpaired) electrons. The van der Waals surface area contributed by atoms with Crippen molar-refractivity contribution in [3.63, 3.8) is 0 Å². The fourth-order valence-electron chi connectivity index (χ4n) is 2.39. The van der Waals surface area contributed by atoms with Gasteiger partial charge in [-0.15, -0.1) is 0 Å². The average Bonchev–Trinajstić information content (AvgIpc) is 2.70. The molecule has 6 nitrogen and oxygen atoms in total. The van der Waals surface area contributed by atoms with E-state index in [0.29, 0.717) is 28.2 Å². The highest BCUT2D eigenvalue weighted by atomic mass is 16.5. The van der Waals surface area contributed by atoms with Crippen molar-refractivity contribution in [1.29, 1.82) is 0 Å². The van der Waals surface area contributed by atoms with E-state index in [2.05, 4.69) is 5.32 Å². The third-order valence-electron chi connectivity index (χ3n) is 3.86. The number of methoxy groups -OCH3 is 3. The summed E-state index contributed by atoms with van der Waals surface area (Å²) in [5.74, 6) is 0.0485. The summed E-state index contributed by atoms with van der Waals surface area (Å²) in [5.41, 5.74) is 1.74. The summed E-state index contributed by atoms with van der Waals surface area (Å²) in [4.78, 5) is 24.7. The Hall–Kier alpha value is -3.28. The van der Waals surface area contributed by atoms with Gasteiger partial charge in [-0.1, -0.05) is 24.3 Å². The molecule has 0 bridgehead atoms. The van der Waals surface area contributed by atoms with Gasteiger partial charge in [0.25, 0.3) is 5.91 Å². The number of carbonyl (C=O) groups is 2. The Labute approximate surface area is 152 Å². The third kappa shape index (κ3) is 4.22. The van der Waals surface area contributed by atoms with Crippen LogP contribution in [0.4, 0.5) is 0 Å². The highest BCUT2D eigenvalue weighted by Crippen LogP contribution is 2.31. The van der Waals surface area contributed by atoms with E-state index >= 15 is 0 Å². The van der Waals surface area contributed by atoms with Gasteiger partial charge in [0.2, 0.25) is 0 Å². The number of ether oxygens (including phenoxy) is 3. The van der Waals surface area contributed by atoms with Crippen LogP contribution in [0.1, 0.15) is 22.8 Å². The number of rotatable bonds is 6. The summed E-state index contributed by atoms with van der Waals surface area (Å²) in [6.45, 7) is 1.72. The molecule has 2 aromatic carbocycles. The van der Waals surface area contributed by atoms with Crippen LogP contribution in [-0.4, -0.2) is 33.2 Å². The molecule has 0 saturated carbocycles. The molecule has 0 aliphatic carbocycles. The van der Waals surface area contributed by atoms with Gasteiger partial charge < -0.3 is 19.5 Å². The van der Waals surface area contributed by atoms with Crippen molar-refractivity contribution in [1.82, 2.24) is 5.32 Å². The van der Waals surface area contributed by atoms with E-state index in [4.69, 9.17) is 14.2 Å². The van der Waals surface area contributed by atoms with E-state index in [9.17, 15) is 9.59 Å². The lowest BCUT2D eigenvalue weighted by Crippen LogP contribution is -2.29. The molecule has 2 aromatic rings. The molecule has 0 fully saturated rings. The standard InChI is InChI=1S/C20H21NO5/c1-13(15-10-11-16(24-2)17(12-15)25-3)18(20(23)26-4)21-19(22)14-8-6-5-7-9-14/h5-12H,1-4H3,(H,21,22)/b18-13+. The van der Waals surface area contributed by atoms with Crippen LogP contribution in [0.2, 0.25) is 0 Å². The SMILES string of the molecule is COC(=O)/C(NC(=O)c1ccccc1)=C(/C)c1ccc(OC)c(OC)c1. The highest BCUT2D eigenvalue weighted by molar-refractivity contribution is 6.05. The number of amides is 1. The van der Waals surface area contributed by atoms with Crippen LogP contribution in [-0.2, 0) is 9.53 Å². The van der Waals surface area contributed by atoms with Crippen LogP contribution in [0.25, 0.3) is 5.57 Å². The summed E-state index contributed by atoms with van der Waals surface area (Å²) in [6, 6.07) is 13.9. The van der Waals surface area contributed by atoms with E-state index in [1.54, 1.807) is 56.5 Å². The highest BCUT2D eigenvalue weighted by Gasteiger charge is 2.19. The Morgan fingerprint density at radius 3 is 2.08 bits per heavy atom. The molecule has 26 heavy (non-hydrogen) atoms. The van der Waals surface area contributed by atoms with Crippen LogP contribution < -0.4 is 14.8 Å². The topological polar surface area (TPSA) is 73.9 Å². The summed E-state index contributed by atoms with van der Waals surface area (Å²) < 4.78 is 15.3. The van der Waals surface area contributed by atoms with E-state index in [1.807, 2.05) is 6.07 Å². The van der Waals surface area contributed by atoms with Crippen LogP contribution in [0.5, 0.6) is 11.5 Å². The van der Waals surface area contributed by atoms with E-state index in [1.165, 1.54) is 14.2 Å². The number of esters is 1. The van der Waals surface area contributed by atoms with Crippen molar-refractivity contribution in [3.05, 3.63) is 65.4 Å². The van der Waals surface area contributed by atoms with Crippen molar-refractivity contribution in [2.75, 3.05) is 21.3 Å². The number of nitrogens with one attached hydrogen (secondary N) is 1. The van der Waals surface area contributed by atoms with Gasteiger partial charge in [-0.05, 0) is 42.3 Å². The smallest absolute Gasteiger partial charge is 0.354 e. The molecule has 1 amide bonds. The molecule has 0 heterocycles. The van der Waals surface area contributed by atoms with Gasteiger partial charge >= 0.3 is 5.97 Å². The third-order valence-corrected chi connectivity index (χ3v) is 3.86. The molecule has 2 rings (SSSR count). The van der Waals surface area contributed by atoms with Crippen molar-refractivity contribution >= 4 is 17.4 Å². The molecule has 0 aliphatic rings. The second-order valence-electron chi connectivity index (χ2n) is 5.38. The van der Waals surface area contributed by atoms with Crippen molar-refractivity contribution in [3.8, 4) is 11.5 Å². The molecular formula is C20H21NO5. The molecule has 0 saturated heterocycles. The van der Waals surface area contributed by atoms with E-state index in [-0.39, 0.29) is 5.70 Å². The summed E-state index contributed by atoms with van der Waals surface area (Å²) >= 11 is 0. The van der Waals surface area contributed by atoms with Crippen LogP contribution in [0.3, 0.4) is 0 Å². The first-order valence-corrected chi connectivity index (χ1v) is 7.89. The zero-order valence-electron chi connectivity index (χ0n) is 15.2. The maximum atomic E-state index is 12.4. The van der Waals surface area contributed by atoms with Crippen molar-refractivity contribution in [2.45, 2.75) is 6.92 Å². The first-order valence-electron chi connectivity index (χ1n) is 7.89. The Balaban J connectivity index is 2.44. The van der Waals surface area contributed by atoms with E-state index < -0.39 is 11.9 Å². The maximum Gasteiger partial charge on any atom is 0.354 e. The minimum atomic E-state index is -0.637. The Kier molecular flexibility index (Phi) is 6.38. The van der Waals surface area contributed by atoms with Gasteiger partial charge in [0.05, 0.1) is 21.3 Å². The maximum absolute atomic E-state index is 12.4. The number of carbonyl (C=O) groups excluding carboxylic acids is 2. The zero-order chi connectivity index (χ0) is 19.1. The fourth-order valence-corrected chi connectivity index (χ4v) is 2.39. The summed E-state index contributed by atoms with van der Waals surface area (Å²) in [6.07, 6.45) is 0. The van der Waals surface area contributed by atoms with Gasteiger partial charge in [-0.2, -0.15) is 0 Å². The summed E-state index contributed by atoms with van der Waals surface area (Å²) in [7, 11) is 4.33. The monoisotopic (exact) mass is 355 g/mol. The lowest BCUT2D eigenvalue weighted by Gasteiger charge is -2.14. The normalized spacial score (nSPS) is 11.2. The van der Waals surface area contributed by atoms with E-state index in [0.717, 1.165) is 0 Å². The minimum Gasteiger partial charge on any atom is -0.493 e. The molecule has 1 N–H and O–H groups in total. The second-order valence-corrected chi connectivity index (χ2v) is 5.38. The molecule has 0 aromatic heterocycles. The fraction of sp³-hybridized carbons (Fsp3) is 0.200. The van der Waals surface area contributed by atoms with Gasteiger partial charge in [0, 0.05) is 5.56 Å². The second kappa shape index (κ2) is 8.71. The average molecular weight is 355 g/mol. The molecule has 136 valence electrons. The van der Waals surface area contributed by atoms with Crippen LogP contribution in [0.15, 0.2) is 54.2 Å². The molecule has 0 aliphatic heterocycles. The minimum absolute atomic E-state index is 0.0635. The van der Waals surface area contributed by atoms with Crippen LogP contribution in [0, 0.1) is 0 Å². The van der Waals surface area contributed by atoms with Gasteiger partial charge in [-0.25, -0.2) is 4.79 Å². The van der Waals surface area contributed by atoms with Crippen molar-refractivity contribution < 1.29 is 23.8 Å². The molecular weight excluding hydrogens is 334 g/mol. The summed E-state index contributed by atoms with van der Waals surface area (Å²) in [5, 5.41) is 2.64. The lowest BCUT2D eigenvalue weighted by molar-refractivity contribution is -0.136. The largest absolute Gasteiger partial charge is 0.493 e. The zero-order valence-corrected chi connectivity index (χ0v) is 15.2. The Bertz CT molecular complexity index is 827. The van der Waals surface area contributed by atoms with Crippen molar-refractivity contribution in [2.24, 2.45) is 0 Å². The van der Waals surface area contributed by atoms with Gasteiger partial charge in [0.1, 0.15) is 5.70 Å². The first kappa shape index (κ1) is 19.1. The molecule has 0 unspecified atom stereocenters. The lowest BCUT2D eigenvalue weighted by atomic mass is 10.0. The number of benzene rings is 2. The number of allylic oxidation sites excluding steroid dienone is 1. The van der Waals surface area contributed by atoms with Gasteiger partial charge in [0.15, 0.2) is 11.5 Å². The quantitative estimate of drug-likeness (QED) is 0.637. The van der Waals surface area contributed by atoms with Crippen LogP contribution >= 0.6 is 0 Å². The Morgan fingerprint density at radius 2 is 1.50 bits per heavy atom.